The first-order valence-electron chi connectivity index (χ1n) is 8.98. The van der Waals surface area contributed by atoms with E-state index in [0.29, 0.717) is 5.75 Å². The van der Waals surface area contributed by atoms with Crippen LogP contribution in [0.2, 0.25) is 0 Å². The third kappa shape index (κ3) is 5.44. The van der Waals surface area contributed by atoms with Gasteiger partial charge in [-0.25, -0.2) is 9.59 Å². The molecule has 0 heterocycles. The zero-order valence-electron chi connectivity index (χ0n) is 14.9. The fourth-order valence-electron chi connectivity index (χ4n) is 3.10. The number of hydrogen-bond donors (Lipinski definition) is 2. The van der Waals surface area contributed by atoms with Gasteiger partial charge < -0.3 is 14.8 Å². The van der Waals surface area contributed by atoms with Crippen molar-refractivity contribution in [2.75, 3.05) is 13.2 Å². The first kappa shape index (κ1) is 18.7. The van der Waals surface area contributed by atoms with E-state index in [0.717, 1.165) is 36.5 Å². The average Bonchev–Trinajstić information content (AvgIpc) is 3.17. The maximum atomic E-state index is 11.8. The van der Waals surface area contributed by atoms with Gasteiger partial charge in [-0.3, -0.25) is 10.1 Å². The summed E-state index contributed by atoms with van der Waals surface area (Å²) in [6.07, 6.45) is 3.99. The molecule has 1 aliphatic rings. The highest BCUT2D eigenvalue weighted by Gasteiger charge is 2.18. The van der Waals surface area contributed by atoms with Gasteiger partial charge in [0.2, 0.25) is 0 Å². The summed E-state index contributed by atoms with van der Waals surface area (Å²) >= 11 is 0. The van der Waals surface area contributed by atoms with Crippen LogP contribution in [0.4, 0.5) is 4.79 Å². The van der Waals surface area contributed by atoms with Gasteiger partial charge in [0, 0.05) is 11.4 Å². The summed E-state index contributed by atoms with van der Waals surface area (Å²) in [5.41, 5.74) is 0. The van der Waals surface area contributed by atoms with Gasteiger partial charge in [0.1, 0.15) is 5.75 Å². The number of nitrogens with one attached hydrogen (secondary N) is 2. The Balaban J connectivity index is 1.40. The summed E-state index contributed by atoms with van der Waals surface area (Å²) in [5, 5.41) is 6.76. The number of rotatable bonds is 6. The highest BCUT2D eigenvalue weighted by Crippen LogP contribution is 2.25. The van der Waals surface area contributed by atoms with Crippen molar-refractivity contribution in [2.24, 2.45) is 0 Å². The molecule has 3 amide bonds. The van der Waals surface area contributed by atoms with Crippen LogP contribution in [0.5, 0.6) is 5.75 Å². The lowest BCUT2D eigenvalue weighted by Crippen LogP contribution is -2.45. The quantitative estimate of drug-likeness (QED) is 0.762. The molecule has 0 saturated heterocycles. The molecule has 7 nitrogen and oxygen atoms in total. The monoisotopic (exact) mass is 370 g/mol. The predicted molar refractivity (Wildman–Crippen MR) is 99.3 cm³/mol. The number of carbonyl (C=O) groups is 3. The number of fused-ring (bicyclic) bond motifs is 1. The van der Waals surface area contributed by atoms with Crippen molar-refractivity contribution < 1.29 is 23.9 Å². The fourth-order valence-corrected chi connectivity index (χ4v) is 3.10. The topological polar surface area (TPSA) is 93.7 Å². The van der Waals surface area contributed by atoms with Gasteiger partial charge >= 0.3 is 12.0 Å². The highest BCUT2D eigenvalue weighted by atomic mass is 16.6. The van der Waals surface area contributed by atoms with Crippen LogP contribution < -0.4 is 15.4 Å². The average molecular weight is 370 g/mol. The number of imide groups is 1. The molecule has 27 heavy (non-hydrogen) atoms. The smallest absolute Gasteiger partial charge is 0.344 e. The van der Waals surface area contributed by atoms with Gasteiger partial charge in [-0.05, 0) is 24.3 Å². The Bertz CT molecular complexity index is 825. The van der Waals surface area contributed by atoms with Gasteiger partial charge in [0.05, 0.1) is 0 Å². The number of esters is 1. The lowest BCUT2D eigenvalue weighted by Gasteiger charge is -2.12. The maximum Gasteiger partial charge on any atom is 0.344 e. The lowest BCUT2D eigenvalue weighted by atomic mass is 10.1. The van der Waals surface area contributed by atoms with Gasteiger partial charge in [-0.2, -0.15) is 0 Å². The molecule has 3 rings (SSSR count). The molecular weight excluding hydrogens is 348 g/mol. The molecule has 0 radical (unpaired) electrons. The molecule has 2 aromatic rings. The molecule has 0 aromatic heterocycles. The van der Waals surface area contributed by atoms with Gasteiger partial charge in [-0.15, -0.1) is 0 Å². The Labute approximate surface area is 157 Å². The zero-order valence-corrected chi connectivity index (χ0v) is 14.9. The van der Waals surface area contributed by atoms with E-state index >= 15 is 0 Å². The van der Waals surface area contributed by atoms with E-state index in [1.165, 1.54) is 0 Å². The molecule has 1 fully saturated rings. The van der Waals surface area contributed by atoms with Crippen molar-refractivity contribution in [1.82, 2.24) is 10.6 Å². The molecule has 0 aliphatic heterocycles. The second-order valence-electron chi connectivity index (χ2n) is 6.43. The van der Waals surface area contributed by atoms with Crippen molar-refractivity contribution in [3.05, 3.63) is 42.5 Å². The first-order chi connectivity index (χ1) is 13.1. The Hall–Kier alpha value is -3.09. The summed E-state index contributed by atoms with van der Waals surface area (Å²) in [5.74, 6) is -0.802. The molecular formula is C20H22N2O5. The maximum absolute atomic E-state index is 11.8. The largest absolute Gasteiger partial charge is 0.481 e. The molecule has 1 saturated carbocycles. The summed E-state index contributed by atoms with van der Waals surface area (Å²) < 4.78 is 10.4. The van der Waals surface area contributed by atoms with E-state index in [1.54, 1.807) is 6.07 Å². The molecule has 0 unspecified atom stereocenters. The van der Waals surface area contributed by atoms with Crippen molar-refractivity contribution in [2.45, 2.75) is 31.7 Å². The summed E-state index contributed by atoms with van der Waals surface area (Å²) in [4.78, 5) is 35.2. The molecule has 2 N–H and O–H groups in total. The summed E-state index contributed by atoms with van der Waals surface area (Å²) in [7, 11) is 0. The number of amides is 3. The van der Waals surface area contributed by atoms with Crippen molar-refractivity contribution in [3.8, 4) is 5.75 Å². The standard InChI is InChI=1S/C20H22N2O5/c23-18(22-20(25)21-15-8-2-3-9-15)12-27-19(24)13-26-17-11-5-7-14-6-1-4-10-16(14)17/h1,4-7,10-11,15H,2-3,8-9,12-13H2,(H2,21,22,23,25). The molecule has 7 heteroatoms. The fraction of sp³-hybridized carbons (Fsp3) is 0.350. The summed E-state index contributed by atoms with van der Waals surface area (Å²) in [6.45, 7) is -0.856. The zero-order chi connectivity index (χ0) is 19.1. The van der Waals surface area contributed by atoms with Crippen LogP contribution in [0.1, 0.15) is 25.7 Å². The van der Waals surface area contributed by atoms with E-state index in [4.69, 9.17) is 9.47 Å². The van der Waals surface area contributed by atoms with Crippen molar-refractivity contribution >= 4 is 28.7 Å². The Morgan fingerprint density at radius 1 is 0.963 bits per heavy atom. The van der Waals surface area contributed by atoms with Crippen molar-refractivity contribution in [3.63, 3.8) is 0 Å². The number of carbonyl (C=O) groups excluding carboxylic acids is 3. The molecule has 0 spiro atoms. The van der Waals surface area contributed by atoms with E-state index in [2.05, 4.69) is 10.6 Å². The highest BCUT2D eigenvalue weighted by molar-refractivity contribution is 5.95. The van der Waals surface area contributed by atoms with Crippen LogP contribution in [0.15, 0.2) is 42.5 Å². The second-order valence-corrected chi connectivity index (χ2v) is 6.43. The summed E-state index contributed by atoms with van der Waals surface area (Å²) in [6, 6.07) is 12.7. The lowest BCUT2D eigenvalue weighted by molar-refractivity contribution is -0.150. The van der Waals surface area contributed by atoms with Crippen LogP contribution in [0, 0.1) is 0 Å². The predicted octanol–water partition coefficient (Wildman–Crippen LogP) is 2.53. The van der Waals surface area contributed by atoms with Crippen LogP contribution in [0.3, 0.4) is 0 Å². The van der Waals surface area contributed by atoms with Crippen LogP contribution in [-0.4, -0.2) is 37.2 Å². The number of urea groups is 1. The second kappa shape index (κ2) is 9.02. The molecule has 1 aliphatic carbocycles. The minimum absolute atomic E-state index is 0.106. The molecule has 0 bridgehead atoms. The number of hydrogen-bond acceptors (Lipinski definition) is 5. The molecule has 142 valence electrons. The Kier molecular flexibility index (Phi) is 6.25. The van der Waals surface area contributed by atoms with E-state index in [-0.39, 0.29) is 12.6 Å². The first-order valence-corrected chi connectivity index (χ1v) is 8.98. The third-order valence-electron chi connectivity index (χ3n) is 4.40. The number of ether oxygens (including phenoxy) is 2. The molecule has 0 atom stereocenters. The Morgan fingerprint density at radius 2 is 1.70 bits per heavy atom. The van der Waals surface area contributed by atoms with Gasteiger partial charge in [0.15, 0.2) is 13.2 Å². The Morgan fingerprint density at radius 3 is 2.52 bits per heavy atom. The SMILES string of the molecule is O=C(COC(=O)COc1cccc2ccccc12)NC(=O)NC1CCCC1. The third-order valence-corrected chi connectivity index (χ3v) is 4.40. The van der Waals surface area contributed by atoms with Gasteiger partial charge in [-0.1, -0.05) is 49.2 Å². The van der Waals surface area contributed by atoms with E-state index in [9.17, 15) is 14.4 Å². The minimum atomic E-state index is -0.686. The van der Waals surface area contributed by atoms with E-state index < -0.39 is 24.5 Å². The van der Waals surface area contributed by atoms with Crippen LogP contribution in [-0.2, 0) is 14.3 Å². The number of benzene rings is 2. The normalized spacial score (nSPS) is 13.9. The van der Waals surface area contributed by atoms with Crippen LogP contribution >= 0.6 is 0 Å². The van der Waals surface area contributed by atoms with Crippen molar-refractivity contribution in [1.29, 1.82) is 0 Å². The van der Waals surface area contributed by atoms with E-state index in [1.807, 2.05) is 36.4 Å². The molecule has 2 aromatic carbocycles. The minimum Gasteiger partial charge on any atom is -0.481 e. The van der Waals surface area contributed by atoms with Crippen LogP contribution in [0.25, 0.3) is 10.8 Å². The van der Waals surface area contributed by atoms with Gasteiger partial charge in [0.25, 0.3) is 5.91 Å².